The van der Waals surface area contributed by atoms with Crippen molar-refractivity contribution >= 4 is 23.6 Å². The van der Waals surface area contributed by atoms with Crippen LogP contribution in [0.4, 0.5) is 0 Å². The number of carbonyl (C=O) groups excluding carboxylic acids is 4. The minimum atomic E-state index is -0.960. The summed E-state index contributed by atoms with van der Waals surface area (Å²) in [4.78, 5) is 50.6. The van der Waals surface area contributed by atoms with Crippen LogP contribution in [0.2, 0.25) is 0 Å². The number of ether oxygens (including phenoxy) is 1. The minimum absolute atomic E-state index is 0.0329. The molecule has 1 aromatic carbocycles. The second-order valence-electron chi connectivity index (χ2n) is 8.21. The standard InChI is InChI=1S/C21H26N4O5/c22-11-21(6-8-30-9-7-21)12-23-10-13-2-1-3-14-17(13)20(29)25(19(14)28)15-4-5-16(26)24-18(15)27/h1-3,15,23H,4-12,22H2,(H,24,26,27). The molecule has 3 aliphatic heterocycles. The summed E-state index contributed by atoms with van der Waals surface area (Å²) in [5, 5.41) is 5.61. The molecule has 0 aliphatic carbocycles. The van der Waals surface area contributed by atoms with Gasteiger partial charge in [0.2, 0.25) is 11.8 Å². The Morgan fingerprint density at radius 2 is 1.93 bits per heavy atom. The van der Waals surface area contributed by atoms with Crippen LogP contribution in [0.3, 0.4) is 0 Å². The quantitative estimate of drug-likeness (QED) is 0.556. The van der Waals surface area contributed by atoms with Crippen molar-refractivity contribution in [3.8, 4) is 0 Å². The first-order valence-electron chi connectivity index (χ1n) is 10.3. The molecule has 2 saturated heterocycles. The van der Waals surface area contributed by atoms with E-state index in [1.807, 2.05) is 6.07 Å². The van der Waals surface area contributed by atoms with Gasteiger partial charge in [0.15, 0.2) is 0 Å². The van der Waals surface area contributed by atoms with E-state index in [1.165, 1.54) is 0 Å². The number of hydrogen-bond acceptors (Lipinski definition) is 7. The fourth-order valence-electron chi connectivity index (χ4n) is 4.45. The summed E-state index contributed by atoms with van der Waals surface area (Å²) in [6, 6.07) is 4.19. The maximum Gasteiger partial charge on any atom is 0.262 e. The second-order valence-corrected chi connectivity index (χ2v) is 8.21. The summed E-state index contributed by atoms with van der Waals surface area (Å²) in [5.74, 6) is -1.97. The van der Waals surface area contributed by atoms with E-state index < -0.39 is 23.8 Å². The smallest absolute Gasteiger partial charge is 0.262 e. The van der Waals surface area contributed by atoms with Gasteiger partial charge >= 0.3 is 0 Å². The number of nitrogens with zero attached hydrogens (tertiary/aromatic N) is 1. The molecule has 9 nitrogen and oxygen atoms in total. The number of hydrogen-bond donors (Lipinski definition) is 3. The molecule has 0 spiro atoms. The third kappa shape index (κ3) is 3.64. The average Bonchev–Trinajstić information content (AvgIpc) is 3.00. The second kappa shape index (κ2) is 8.25. The predicted octanol–water partition coefficient (Wildman–Crippen LogP) is -0.0671. The summed E-state index contributed by atoms with van der Waals surface area (Å²) >= 11 is 0. The van der Waals surface area contributed by atoms with Crippen LogP contribution in [0.15, 0.2) is 18.2 Å². The maximum atomic E-state index is 13.1. The van der Waals surface area contributed by atoms with Crippen LogP contribution in [0.25, 0.3) is 0 Å². The summed E-state index contributed by atoms with van der Waals surface area (Å²) in [7, 11) is 0. The Balaban J connectivity index is 1.50. The van der Waals surface area contributed by atoms with Gasteiger partial charge in [-0.2, -0.15) is 0 Å². The number of carbonyl (C=O) groups is 4. The number of imide groups is 2. The molecule has 0 radical (unpaired) electrons. The van der Waals surface area contributed by atoms with Crippen molar-refractivity contribution in [3.05, 3.63) is 34.9 Å². The molecule has 1 aromatic rings. The van der Waals surface area contributed by atoms with Gasteiger partial charge in [0.05, 0.1) is 11.1 Å². The van der Waals surface area contributed by atoms with Gasteiger partial charge in [-0.1, -0.05) is 12.1 Å². The van der Waals surface area contributed by atoms with E-state index >= 15 is 0 Å². The van der Waals surface area contributed by atoms with Crippen LogP contribution in [0, 0.1) is 5.41 Å². The first-order valence-corrected chi connectivity index (χ1v) is 10.3. The van der Waals surface area contributed by atoms with Gasteiger partial charge < -0.3 is 15.8 Å². The molecule has 9 heteroatoms. The van der Waals surface area contributed by atoms with Crippen molar-refractivity contribution in [1.29, 1.82) is 0 Å². The van der Waals surface area contributed by atoms with Gasteiger partial charge in [-0.05, 0) is 42.9 Å². The highest BCUT2D eigenvalue weighted by atomic mass is 16.5. The fourth-order valence-corrected chi connectivity index (χ4v) is 4.45. The number of rotatable bonds is 6. The van der Waals surface area contributed by atoms with E-state index in [1.54, 1.807) is 12.1 Å². The molecule has 1 unspecified atom stereocenters. The van der Waals surface area contributed by atoms with E-state index in [9.17, 15) is 19.2 Å². The molecule has 30 heavy (non-hydrogen) atoms. The largest absolute Gasteiger partial charge is 0.381 e. The molecule has 0 aromatic heterocycles. The molecule has 0 saturated carbocycles. The van der Waals surface area contributed by atoms with Crippen LogP contribution in [0.5, 0.6) is 0 Å². The molecule has 3 heterocycles. The first kappa shape index (κ1) is 20.6. The average molecular weight is 414 g/mol. The molecule has 4 rings (SSSR count). The molecular formula is C21H26N4O5. The van der Waals surface area contributed by atoms with E-state index in [2.05, 4.69) is 10.6 Å². The molecule has 3 aliphatic rings. The number of nitrogens with one attached hydrogen (secondary N) is 2. The fraction of sp³-hybridized carbons (Fsp3) is 0.524. The van der Waals surface area contributed by atoms with Gasteiger partial charge in [-0.25, -0.2) is 0 Å². The molecule has 160 valence electrons. The molecular weight excluding hydrogens is 388 g/mol. The van der Waals surface area contributed by atoms with E-state index in [0.29, 0.717) is 49.5 Å². The lowest BCUT2D eigenvalue weighted by molar-refractivity contribution is -0.136. The topological polar surface area (TPSA) is 131 Å². The summed E-state index contributed by atoms with van der Waals surface area (Å²) in [5.41, 5.74) is 7.31. The number of benzene rings is 1. The number of nitrogens with two attached hydrogens (primary N) is 1. The first-order chi connectivity index (χ1) is 14.5. The van der Waals surface area contributed by atoms with Crippen LogP contribution in [-0.2, 0) is 20.9 Å². The summed E-state index contributed by atoms with van der Waals surface area (Å²) in [6.07, 6.45) is 2.00. The summed E-state index contributed by atoms with van der Waals surface area (Å²) in [6.45, 7) is 3.03. The van der Waals surface area contributed by atoms with Crippen LogP contribution < -0.4 is 16.4 Å². The lowest BCUT2D eigenvalue weighted by Gasteiger charge is -2.36. The lowest BCUT2D eigenvalue weighted by atomic mass is 9.80. The van der Waals surface area contributed by atoms with Crippen molar-refractivity contribution < 1.29 is 23.9 Å². The van der Waals surface area contributed by atoms with Gasteiger partial charge in [0.25, 0.3) is 11.8 Å². The molecule has 2 fully saturated rings. The Kier molecular flexibility index (Phi) is 5.68. The van der Waals surface area contributed by atoms with E-state index in [0.717, 1.165) is 17.7 Å². The Morgan fingerprint density at radius 3 is 2.63 bits per heavy atom. The van der Waals surface area contributed by atoms with Crippen LogP contribution in [-0.4, -0.2) is 60.9 Å². The van der Waals surface area contributed by atoms with Gasteiger partial charge in [-0.3, -0.25) is 29.4 Å². The van der Waals surface area contributed by atoms with Crippen LogP contribution in [0.1, 0.15) is 52.0 Å². The molecule has 4 amide bonds. The van der Waals surface area contributed by atoms with Gasteiger partial charge in [-0.15, -0.1) is 0 Å². The number of piperidine rings is 1. The number of amides is 4. The Morgan fingerprint density at radius 1 is 1.17 bits per heavy atom. The normalized spacial score (nSPS) is 23.5. The molecule has 1 atom stereocenters. The number of fused-ring (bicyclic) bond motifs is 1. The van der Waals surface area contributed by atoms with Crippen molar-refractivity contribution in [2.45, 2.75) is 38.3 Å². The Hall–Kier alpha value is -2.62. The zero-order valence-corrected chi connectivity index (χ0v) is 16.7. The zero-order valence-electron chi connectivity index (χ0n) is 16.7. The minimum Gasteiger partial charge on any atom is -0.381 e. The van der Waals surface area contributed by atoms with Crippen molar-refractivity contribution in [1.82, 2.24) is 15.5 Å². The van der Waals surface area contributed by atoms with E-state index in [4.69, 9.17) is 10.5 Å². The maximum absolute atomic E-state index is 13.1. The molecule has 4 N–H and O–H groups in total. The monoisotopic (exact) mass is 414 g/mol. The van der Waals surface area contributed by atoms with E-state index in [-0.39, 0.29) is 24.2 Å². The van der Waals surface area contributed by atoms with Gasteiger partial charge in [0, 0.05) is 32.7 Å². The Labute approximate surface area is 174 Å². The van der Waals surface area contributed by atoms with Crippen molar-refractivity contribution in [3.63, 3.8) is 0 Å². The Bertz CT molecular complexity index is 893. The van der Waals surface area contributed by atoms with Crippen molar-refractivity contribution in [2.75, 3.05) is 26.3 Å². The summed E-state index contributed by atoms with van der Waals surface area (Å²) < 4.78 is 5.44. The van der Waals surface area contributed by atoms with Crippen LogP contribution >= 0.6 is 0 Å². The highest BCUT2D eigenvalue weighted by Gasteiger charge is 2.45. The molecule has 0 bridgehead atoms. The van der Waals surface area contributed by atoms with Gasteiger partial charge in [0.1, 0.15) is 6.04 Å². The van der Waals surface area contributed by atoms with Crippen molar-refractivity contribution in [2.24, 2.45) is 11.1 Å². The third-order valence-corrected chi connectivity index (χ3v) is 6.36. The third-order valence-electron chi connectivity index (χ3n) is 6.36. The highest BCUT2D eigenvalue weighted by Crippen LogP contribution is 2.31. The predicted molar refractivity (Wildman–Crippen MR) is 106 cm³/mol. The SMILES string of the molecule is NCC1(CNCc2cccc3c2C(=O)N(C2CCC(=O)NC2=O)C3=O)CCOCC1. The lowest BCUT2D eigenvalue weighted by Crippen LogP contribution is -2.54. The zero-order chi connectivity index (χ0) is 21.3. The highest BCUT2D eigenvalue weighted by molar-refractivity contribution is 6.24.